The number of piperazine rings is 1. The quantitative estimate of drug-likeness (QED) is 0.583. The van der Waals surface area contributed by atoms with Crippen LogP contribution in [-0.4, -0.2) is 51.1 Å². The second kappa shape index (κ2) is 8.35. The van der Waals surface area contributed by atoms with Crippen molar-refractivity contribution in [2.75, 3.05) is 18.0 Å². The van der Waals surface area contributed by atoms with Crippen LogP contribution in [0, 0.1) is 11.6 Å². The number of halogens is 3. The molecule has 1 saturated heterocycles. The number of phenolic OH excluding ortho intramolecular Hbond substituents is 1. The zero-order valence-electron chi connectivity index (χ0n) is 17.5. The van der Waals surface area contributed by atoms with Crippen molar-refractivity contribution in [1.82, 2.24) is 14.9 Å². The van der Waals surface area contributed by atoms with E-state index in [4.69, 9.17) is 11.6 Å². The van der Waals surface area contributed by atoms with Crippen molar-refractivity contribution < 1.29 is 18.7 Å². The Balaban J connectivity index is 1.83. The molecule has 0 aliphatic carbocycles. The number of phenols is 1. The Morgan fingerprint density at radius 1 is 1.22 bits per heavy atom. The van der Waals surface area contributed by atoms with Gasteiger partial charge in [-0.15, -0.1) is 0 Å². The van der Waals surface area contributed by atoms with E-state index in [0.29, 0.717) is 24.3 Å². The van der Waals surface area contributed by atoms with Crippen LogP contribution < -0.4 is 4.90 Å². The van der Waals surface area contributed by atoms with Crippen LogP contribution in [0.1, 0.15) is 13.8 Å². The Bertz CT molecular complexity index is 1200. The maximum absolute atomic E-state index is 15.6. The average Bonchev–Trinajstić information content (AvgIpc) is 2.74. The predicted octanol–water partition coefficient (Wildman–Crippen LogP) is 4.55. The molecule has 9 heteroatoms. The average molecular weight is 459 g/mol. The molecule has 1 N–H and O–H groups in total. The number of aromatic nitrogens is 2. The summed E-state index contributed by atoms with van der Waals surface area (Å²) in [6, 6.07) is 4.91. The molecular formula is C23H21ClF2N4O2. The van der Waals surface area contributed by atoms with Gasteiger partial charge in [0.15, 0.2) is 5.82 Å². The van der Waals surface area contributed by atoms with Crippen LogP contribution in [0.3, 0.4) is 0 Å². The Morgan fingerprint density at radius 2 is 1.91 bits per heavy atom. The normalized spacial score (nSPS) is 18.8. The lowest BCUT2D eigenvalue weighted by Crippen LogP contribution is -2.58. The molecule has 4 rings (SSSR count). The molecule has 166 valence electrons. The molecule has 1 aliphatic rings. The highest BCUT2D eigenvalue weighted by atomic mass is 35.5. The predicted molar refractivity (Wildman–Crippen MR) is 120 cm³/mol. The standard InChI is InChI=1S/C23H21ClF2N4O2/c1-4-18(32)30-12(2)9-29(10-13(30)3)23-14-8-15(24)19(21(26)22(14)27-11-28-23)20-16(25)6-5-7-17(20)31/h4-8,11-13,31H,1,9-10H2,2-3H3. The SMILES string of the molecule is C=CC(=O)N1C(C)CN(c2ncnc3c(F)c(-c4c(O)cccc4F)c(Cl)cc23)CC1C. The summed E-state index contributed by atoms with van der Waals surface area (Å²) in [7, 11) is 0. The summed E-state index contributed by atoms with van der Waals surface area (Å²) >= 11 is 6.38. The Hall–Kier alpha value is -3.26. The van der Waals surface area contributed by atoms with E-state index in [1.807, 2.05) is 18.7 Å². The van der Waals surface area contributed by atoms with Crippen molar-refractivity contribution >= 4 is 34.2 Å². The maximum Gasteiger partial charge on any atom is 0.246 e. The van der Waals surface area contributed by atoms with Gasteiger partial charge in [0.05, 0.1) is 10.6 Å². The van der Waals surface area contributed by atoms with Gasteiger partial charge < -0.3 is 14.9 Å². The fourth-order valence-corrected chi connectivity index (χ4v) is 4.68. The molecule has 2 heterocycles. The van der Waals surface area contributed by atoms with E-state index in [2.05, 4.69) is 16.5 Å². The lowest BCUT2D eigenvalue weighted by Gasteiger charge is -2.44. The van der Waals surface area contributed by atoms with Crippen molar-refractivity contribution in [3.8, 4) is 16.9 Å². The van der Waals surface area contributed by atoms with Crippen LogP contribution in [-0.2, 0) is 4.79 Å². The molecule has 0 saturated carbocycles. The molecule has 0 spiro atoms. The molecule has 2 unspecified atom stereocenters. The van der Waals surface area contributed by atoms with Gasteiger partial charge in [0, 0.05) is 36.1 Å². The summed E-state index contributed by atoms with van der Waals surface area (Å²) in [4.78, 5) is 24.3. The Kier molecular flexibility index (Phi) is 5.73. The van der Waals surface area contributed by atoms with Crippen LogP contribution in [0.25, 0.3) is 22.0 Å². The maximum atomic E-state index is 15.6. The molecule has 0 bridgehead atoms. The minimum atomic E-state index is -0.849. The first-order valence-electron chi connectivity index (χ1n) is 10.0. The van der Waals surface area contributed by atoms with Crippen LogP contribution in [0.4, 0.5) is 14.6 Å². The third-order valence-corrected chi connectivity index (χ3v) is 5.99. The van der Waals surface area contributed by atoms with Gasteiger partial charge in [-0.1, -0.05) is 24.2 Å². The molecule has 3 aromatic rings. The van der Waals surface area contributed by atoms with Gasteiger partial charge in [-0.05, 0) is 38.1 Å². The summed E-state index contributed by atoms with van der Waals surface area (Å²) in [5.41, 5.74) is -0.625. The summed E-state index contributed by atoms with van der Waals surface area (Å²) in [6.07, 6.45) is 2.52. The number of amides is 1. The second-order valence-electron chi connectivity index (χ2n) is 7.83. The van der Waals surface area contributed by atoms with Crippen molar-refractivity contribution in [3.63, 3.8) is 0 Å². The number of rotatable bonds is 3. The fraction of sp³-hybridized carbons (Fsp3) is 0.261. The smallest absolute Gasteiger partial charge is 0.246 e. The number of carbonyl (C=O) groups excluding carboxylic acids is 1. The third kappa shape index (κ3) is 3.54. The van der Waals surface area contributed by atoms with Crippen molar-refractivity contribution in [2.45, 2.75) is 25.9 Å². The van der Waals surface area contributed by atoms with Crippen LogP contribution in [0.5, 0.6) is 5.75 Å². The second-order valence-corrected chi connectivity index (χ2v) is 8.23. The van der Waals surface area contributed by atoms with Crippen molar-refractivity contribution in [1.29, 1.82) is 0 Å². The van der Waals surface area contributed by atoms with E-state index in [0.717, 1.165) is 6.07 Å². The number of nitrogens with zero attached hydrogens (tertiary/aromatic N) is 4. The van der Waals surface area contributed by atoms with E-state index in [9.17, 15) is 14.3 Å². The first-order valence-corrected chi connectivity index (χ1v) is 10.4. The van der Waals surface area contributed by atoms with Gasteiger partial charge >= 0.3 is 0 Å². The molecule has 6 nitrogen and oxygen atoms in total. The topological polar surface area (TPSA) is 69.6 Å². The molecule has 1 fully saturated rings. The highest BCUT2D eigenvalue weighted by molar-refractivity contribution is 6.34. The summed E-state index contributed by atoms with van der Waals surface area (Å²) in [5, 5.41) is 10.4. The van der Waals surface area contributed by atoms with E-state index in [1.54, 1.807) is 4.90 Å². The van der Waals surface area contributed by atoms with E-state index in [-0.39, 0.29) is 39.7 Å². The van der Waals surface area contributed by atoms with Gasteiger partial charge in [0.25, 0.3) is 0 Å². The molecule has 32 heavy (non-hydrogen) atoms. The summed E-state index contributed by atoms with van der Waals surface area (Å²) in [6.45, 7) is 8.32. The highest BCUT2D eigenvalue weighted by Gasteiger charge is 2.33. The first kappa shape index (κ1) is 22.0. The van der Waals surface area contributed by atoms with Gasteiger partial charge in [0.2, 0.25) is 5.91 Å². The molecule has 1 aliphatic heterocycles. The minimum absolute atomic E-state index is 0.0399. The molecule has 2 atom stereocenters. The third-order valence-electron chi connectivity index (χ3n) is 5.69. The fourth-order valence-electron chi connectivity index (χ4n) is 4.39. The number of benzene rings is 2. The minimum Gasteiger partial charge on any atom is -0.507 e. The number of anilines is 1. The lowest BCUT2D eigenvalue weighted by atomic mass is 10.0. The number of hydrogen-bond donors (Lipinski definition) is 1. The summed E-state index contributed by atoms with van der Waals surface area (Å²) < 4.78 is 30.0. The number of carbonyl (C=O) groups is 1. The molecule has 0 radical (unpaired) electrons. The highest BCUT2D eigenvalue weighted by Crippen LogP contribution is 2.42. The summed E-state index contributed by atoms with van der Waals surface area (Å²) in [5.74, 6) is -1.77. The number of hydrogen-bond acceptors (Lipinski definition) is 5. The molecule has 1 amide bonds. The van der Waals surface area contributed by atoms with Crippen LogP contribution in [0.15, 0.2) is 43.2 Å². The van der Waals surface area contributed by atoms with Gasteiger partial charge in [-0.2, -0.15) is 0 Å². The molecule has 2 aromatic carbocycles. The van der Waals surface area contributed by atoms with E-state index < -0.39 is 17.4 Å². The largest absolute Gasteiger partial charge is 0.507 e. The van der Waals surface area contributed by atoms with Gasteiger partial charge in [-0.3, -0.25) is 4.79 Å². The van der Waals surface area contributed by atoms with Gasteiger partial charge in [-0.25, -0.2) is 18.7 Å². The first-order chi connectivity index (χ1) is 15.2. The number of fused-ring (bicyclic) bond motifs is 1. The zero-order valence-corrected chi connectivity index (χ0v) is 18.3. The van der Waals surface area contributed by atoms with E-state index >= 15 is 4.39 Å². The Morgan fingerprint density at radius 3 is 2.53 bits per heavy atom. The van der Waals surface area contributed by atoms with Crippen LogP contribution >= 0.6 is 11.6 Å². The zero-order chi connectivity index (χ0) is 23.2. The van der Waals surface area contributed by atoms with Crippen molar-refractivity contribution in [3.05, 3.63) is 59.9 Å². The van der Waals surface area contributed by atoms with Crippen molar-refractivity contribution in [2.24, 2.45) is 0 Å². The molecular weight excluding hydrogens is 438 g/mol. The monoisotopic (exact) mass is 458 g/mol. The van der Waals surface area contributed by atoms with E-state index in [1.165, 1.54) is 30.6 Å². The van der Waals surface area contributed by atoms with Crippen LogP contribution in [0.2, 0.25) is 5.02 Å². The number of aromatic hydroxyl groups is 1. The molecule has 1 aromatic heterocycles. The van der Waals surface area contributed by atoms with Gasteiger partial charge in [0.1, 0.15) is 29.2 Å². The Labute approximate surface area is 188 Å². The lowest BCUT2D eigenvalue weighted by molar-refractivity contribution is -0.130.